The van der Waals surface area contributed by atoms with Crippen molar-refractivity contribution in [1.82, 2.24) is 10.4 Å². The molecule has 0 heterocycles. The Morgan fingerprint density at radius 2 is 1.33 bits per heavy atom. The monoisotopic (exact) mass is 558 g/mol. The molecule has 39 heavy (non-hydrogen) atoms. The Labute approximate surface area is 229 Å². The maximum Gasteiger partial charge on any atom is 0.223 e. The van der Waals surface area contributed by atoms with Crippen molar-refractivity contribution in [3.05, 3.63) is 126 Å². The van der Waals surface area contributed by atoms with Gasteiger partial charge in [-0.15, -0.1) is 0 Å². The second-order valence-electron chi connectivity index (χ2n) is 9.94. The fraction of sp³-hybridized carbons (Fsp3) is 0.194. The first-order valence-corrected chi connectivity index (χ1v) is 16.5. The van der Waals surface area contributed by atoms with Gasteiger partial charge in [-0.1, -0.05) is 78.9 Å². The number of rotatable bonds is 10. The molecule has 6 nitrogen and oxygen atoms in total. The van der Waals surface area contributed by atoms with Crippen LogP contribution in [-0.2, 0) is 25.7 Å². The quantitative estimate of drug-likeness (QED) is 0.278. The van der Waals surface area contributed by atoms with Crippen LogP contribution < -0.4 is 21.0 Å². The molecule has 1 fully saturated rings. The van der Waals surface area contributed by atoms with Gasteiger partial charge in [0.25, 0.3) is 0 Å². The van der Waals surface area contributed by atoms with Crippen molar-refractivity contribution in [2.24, 2.45) is 11.8 Å². The molecule has 0 bridgehead atoms. The highest BCUT2D eigenvalue weighted by Crippen LogP contribution is 2.52. The lowest BCUT2D eigenvalue weighted by Gasteiger charge is -2.28. The molecule has 1 aliphatic carbocycles. The Hall–Kier alpha value is -3.51. The number of carbonyl (C=O) groups is 1. The summed E-state index contributed by atoms with van der Waals surface area (Å²) in [6, 6.07) is 35.0. The highest BCUT2D eigenvalue weighted by atomic mass is 32.2. The molecule has 8 heteroatoms. The fourth-order valence-corrected chi connectivity index (χ4v) is 8.05. The minimum Gasteiger partial charge on any atom is -0.352 e. The second kappa shape index (κ2) is 11.3. The van der Waals surface area contributed by atoms with Gasteiger partial charge in [-0.3, -0.25) is 14.4 Å². The number of sulfone groups is 1. The lowest BCUT2D eigenvalue weighted by atomic mass is 10.0. The number of carbonyl (C=O) groups excluding carboxylic acids is 1. The van der Waals surface area contributed by atoms with Crippen molar-refractivity contribution in [2.75, 3.05) is 6.26 Å². The van der Waals surface area contributed by atoms with Crippen LogP contribution >= 0.6 is 7.29 Å². The van der Waals surface area contributed by atoms with Crippen molar-refractivity contribution in [3.63, 3.8) is 0 Å². The maximum absolute atomic E-state index is 14.8. The average molecular weight is 559 g/mol. The van der Waals surface area contributed by atoms with Crippen molar-refractivity contribution in [1.29, 1.82) is 0 Å². The number of benzene rings is 4. The molecule has 3 atom stereocenters. The van der Waals surface area contributed by atoms with Crippen LogP contribution in [0.15, 0.2) is 120 Å². The van der Waals surface area contributed by atoms with Gasteiger partial charge in [-0.05, 0) is 59.9 Å². The van der Waals surface area contributed by atoms with E-state index >= 15 is 0 Å². The van der Waals surface area contributed by atoms with E-state index in [1.165, 1.54) is 6.26 Å². The van der Waals surface area contributed by atoms with E-state index in [1.807, 2.05) is 91.0 Å². The van der Waals surface area contributed by atoms with Gasteiger partial charge in [0.2, 0.25) is 13.2 Å². The normalized spacial score (nSPS) is 17.8. The Balaban J connectivity index is 1.36. The Kier molecular flexibility index (Phi) is 7.85. The Morgan fingerprint density at radius 1 is 0.821 bits per heavy atom. The van der Waals surface area contributed by atoms with Gasteiger partial charge < -0.3 is 5.32 Å². The van der Waals surface area contributed by atoms with Gasteiger partial charge in [0.1, 0.15) is 0 Å². The molecule has 0 aliphatic heterocycles. The smallest absolute Gasteiger partial charge is 0.223 e. The molecule has 4 aromatic carbocycles. The van der Waals surface area contributed by atoms with E-state index in [-0.39, 0.29) is 28.7 Å². The topological polar surface area (TPSA) is 92.3 Å². The zero-order valence-electron chi connectivity index (χ0n) is 21.6. The zero-order valence-corrected chi connectivity index (χ0v) is 23.3. The summed E-state index contributed by atoms with van der Waals surface area (Å²) < 4.78 is 38.2. The summed E-state index contributed by atoms with van der Waals surface area (Å²) >= 11 is 0. The first kappa shape index (κ1) is 27.1. The number of nitrogens with one attached hydrogen (secondary N) is 2. The van der Waals surface area contributed by atoms with Crippen LogP contribution in [0.2, 0.25) is 0 Å². The zero-order chi connectivity index (χ0) is 27.5. The summed E-state index contributed by atoms with van der Waals surface area (Å²) in [6.07, 6.45) is 1.84. The summed E-state index contributed by atoms with van der Waals surface area (Å²) in [7, 11) is -6.50. The SMILES string of the molecule is CS(=O)(=O)c1ccc(CNC(=O)[C@@H]2C[C@@H]2[C@@H](NP(=O)(c2ccccc2)c2ccccc2)c2ccccc2)cc1. The molecule has 0 aromatic heterocycles. The van der Waals surface area contributed by atoms with Gasteiger partial charge in [0, 0.05) is 35.4 Å². The molecule has 4 aromatic rings. The molecule has 5 rings (SSSR count). The maximum atomic E-state index is 14.8. The largest absolute Gasteiger partial charge is 0.352 e. The molecule has 200 valence electrons. The average Bonchev–Trinajstić information content (AvgIpc) is 3.77. The van der Waals surface area contributed by atoms with E-state index in [1.54, 1.807) is 24.3 Å². The van der Waals surface area contributed by atoms with E-state index in [0.717, 1.165) is 21.7 Å². The Morgan fingerprint density at radius 3 is 1.85 bits per heavy atom. The minimum atomic E-state index is -3.27. The molecule has 0 spiro atoms. The summed E-state index contributed by atoms with van der Waals surface area (Å²) in [4.78, 5) is 13.4. The highest BCUT2D eigenvalue weighted by molar-refractivity contribution is 7.90. The van der Waals surface area contributed by atoms with E-state index in [0.29, 0.717) is 13.0 Å². The number of hydrogen-bond donors (Lipinski definition) is 2. The predicted molar refractivity (Wildman–Crippen MR) is 155 cm³/mol. The Bertz CT molecular complexity index is 1530. The van der Waals surface area contributed by atoms with E-state index in [9.17, 15) is 17.8 Å². The van der Waals surface area contributed by atoms with Crippen LogP contribution in [0.5, 0.6) is 0 Å². The number of hydrogen-bond acceptors (Lipinski definition) is 4. The van der Waals surface area contributed by atoms with Gasteiger partial charge in [0.05, 0.1) is 4.90 Å². The standard InChI is InChI=1S/C31H31N2O4PS/c1-39(36,37)27-19-17-23(18-20-27)22-32-31(34)29-21-28(29)30(24-11-5-2-6-12-24)33-38(35,25-13-7-3-8-14-25)26-15-9-4-10-16-26/h2-20,28-30H,21-22H2,1H3,(H,32,34)(H,33,35)/t28-,29+,30-/m0/s1. The van der Waals surface area contributed by atoms with E-state index in [2.05, 4.69) is 10.4 Å². The molecular formula is C31H31N2O4PS. The number of amides is 1. The van der Waals surface area contributed by atoms with Gasteiger partial charge in [-0.2, -0.15) is 0 Å². The fourth-order valence-electron chi connectivity index (χ4n) is 4.91. The van der Waals surface area contributed by atoms with E-state index < -0.39 is 17.1 Å². The molecule has 2 N–H and O–H groups in total. The third-order valence-corrected chi connectivity index (χ3v) is 11.0. The van der Waals surface area contributed by atoms with Crippen molar-refractivity contribution in [3.8, 4) is 0 Å². The minimum absolute atomic E-state index is 0.0271. The molecule has 1 saturated carbocycles. The summed E-state index contributed by atoms with van der Waals surface area (Å²) in [6.45, 7) is 0.308. The molecular weight excluding hydrogens is 527 g/mol. The van der Waals surface area contributed by atoms with Crippen LogP contribution in [0.3, 0.4) is 0 Å². The second-order valence-corrected chi connectivity index (χ2v) is 14.5. The molecule has 1 amide bonds. The third-order valence-electron chi connectivity index (χ3n) is 7.14. The molecule has 0 unspecified atom stereocenters. The lowest BCUT2D eigenvalue weighted by Crippen LogP contribution is -2.33. The summed E-state index contributed by atoms with van der Waals surface area (Å²) in [5.41, 5.74) is 1.81. The van der Waals surface area contributed by atoms with Crippen molar-refractivity contribution in [2.45, 2.75) is 23.9 Å². The van der Waals surface area contributed by atoms with Crippen LogP contribution in [0, 0.1) is 11.8 Å². The van der Waals surface area contributed by atoms with Gasteiger partial charge in [0.15, 0.2) is 9.84 Å². The van der Waals surface area contributed by atoms with Crippen LogP contribution in [0.4, 0.5) is 0 Å². The van der Waals surface area contributed by atoms with Gasteiger partial charge >= 0.3 is 0 Å². The van der Waals surface area contributed by atoms with E-state index in [4.69, 9.17) is 0 Å². The first-order valence-electron chi connectivity index (χ1n) is 12.9. The molecule has 0 radical (unpaired) electrons. The van der Waals surface area contributed by atoms with Crippen LogP contribution in [0.25, 0.3) is 0 Å². The van der Waals surface area contributed by atoms with Gasteiger partial charge in [-0.25, -0.2) is 8.42 Å². The lowest BCUT2D eigenvalue weighted by molar-refractivity contribution is -0.122. The summed E-state index contributed by atoms with van der Waals surface area (Å²) in [5.74, 6) is -0.317. The third kappa shape index (κ3) is 6.22. The van der Waals surface area contributed by atoms with Crippen molar-refractivity contribution >= 4 is 33.6 Å². The highest BCUT2D eigenvalue weighted by Gasteiger charge is 2.50. The van der Waals surface area contributed by atoms with Crippen LogP contribution in [-0.4, -0.2) is 20.6 Å². The van der Waals surface area contributed by atoms with Crippen LogP contribution in [0.1, 0.15) is 23.6 Å². The summed E-state index contributed by atoms with van der Waals surface area (Å²) in [5, 5.41) is 7.97. The predicted octanol–water partition coefficient (Wildman–Crippen LogP) is 4.60. The molecule has 0 saturated heterocycles. The first-order chi connectivity index (χ1) is 18.8. The molecule has 1 aliphatic rings. The van der Waals surface area contributed by atoms with Crippen molar-refractivity contribution < 1.29 is 17.8 Å².